The van der Waals surface area contributed by atoms with E-state index in [1.54, 1.807) is 0 Å². The quantitative estimate of drug-likeness (QED) is 0.813. The van der Waals surface area contributed by atoms with Crippen molar-refractivity contribution in [1.29, 1.82) is 0 Å². The molecule has 0 unspecified atom stereocenters. The summed E-state index contributed by atoms with van der Waals surface area (Å²) in [6, 6.07) is 0. The number of halogens is 3. The molecular weight excluding hydrogens is 246 g/mol. The van der Waals surface area contributed by atoms with Crippen LogP contribution in [0.2, 0.25) is 0 Å². The van der Waals surface area contributed by atoms with E-state index in [4.69, 9.17) is 0 Å². The molecule has 1 aromatic rings. The molecule has 1 aliphatic carbocycles. The van der Waals surface area contributed by atoms with Crippen molar-refractivity contribution >= 4 is 15.9 Å². The van der Waals surface area contributed by atoms with Gasteiger partial charge >= 0.3 is 5.92 Å². The van der Waals surface area contributed by atoms with Crippen molar-refractivity contribution in [2.45, 2.75) is 25.2 Å². The van der Waals surface area contributed by atoms with Crippen LogP contribution in [0.3, 0.4) is 0 Å². The van der Waals surface area contributed by atoms with Crippen LogP contribution in [0.25, 0.3) is 0 Å². The van der Waals surface area contributed by atoms with Gasteiger partial charge < -0.3 is 4.42 Å². The van der Waals surface area contributed by atoms with E-state index in [2.05, 4.69) is 30.5 Å². The molecule has 0 radical (unpaired) electrons. The number of alkyl halides is 2. The maximum Gasteiger partial charge on any atom is 0.326 e. The topological polar surface area (TPSA) is 38.9 Å². The van der Waals surface area contributed by atoms with Crippen LogP contribution < -0.4 is 0 Å². The molecule has 2 rings (SSSR count). The zero-order valence-corrected chi connectivity index (χ0v) is 8.22. The van der Waals surface area contributed by atoms with Gasteiger partial charge in [0.2, 0.25) is 0 Å². The summed E-state index contributed by atoms with van der Waals surface area (Å²) in [4.78, 5) is 0.00139. The third-order valence-electron chi connectivity index (χ3n) is 2.30. The third kappa shape index (κ3) is 1.47. The average molecular weight is 253 g/mol. The highest BCUT2D eigenvalue weighted by Gasteiger charge is 2.48. The van der Waals surface area contributed by atoms with Gasteiger partial charge in [-0.25, -0.2) is 0 Å². The summed E-state index contributed by atoms with van der Waals surface area (Å²) in [5.41, 5.74) is 0. The second-order valence-corrected chi connectivity index (χ2v) is 3.79. The molecule has 0 aromatic carbocycles. The Balaban J connectivity index is 2.22. The van der Waals surface area contributed by atoms with Crippen LogP contribution in [0.15, 0.2) is 9.22 Å². The van der Waals surface area contributed by atoms with Crippen LogP contribution in [0, 0.1) is 5.92 Å². The molecule has 1 fully saturated rings. The van der Waals surface area contributed by atoms with Crippen molar-refractivity contribution in [3.8, 4) is 0 Å². The van der Waals surface area contributed by atoms with Crippen molar-refractivity contribution in [2.24, 2.45) is 5.92 Å². The number of rotatable bonds is 2. The molecule has 3 nitrogen and oxygen atoms in total. The first kappa shape index (κ1) is 9.05. The lowest BCUT2D eigenvalue weighted by molar-refractivity contribution is -0.114. The molecule has 1 aromatic heterocycles. The number of nitrogens with zero attached hydrogens (tertiary/aromatic N) is 2. The van der Waals surface area contributed by atoms with Gasteiger partial charge in [0.25, 0.3) is 10.7 Å². The second kappa shape index (κ2) is 3.01. The van der Waals surface area contributed by atoms with Gasteiger partial charge in [-0.1, -0.05) is 6.42 Å². The summed E-state index contributed by atoms with van der Waals surface area (Å²) in [6.07, 6.45) is 1.93. The normalized spacial score (nSPS) is 18.7. The van der Waals surface area contributed by atoms with E-state index in [-0.39, 0.29) is 4.80 Å². The minimum atomic E-state index is -2.96. The Morgan fingerprint density at radius 3 is 2.46 bits per heavy atom. The Labute approximate surface area is 81.7 Å². The summed E-state index contributed by atoms with van der Waals surface area (Å²) < 4.78 is 31.4. The van der Waals surface area contributed by atoms with Gasteiger partial charge in [-0.05, 0) is 12.8 Å². The highest BCUT2D eigenvalue weighted by Crippen LogP contribution is 2.46. The molecule has 0 spiro atoms. The largest absolute Gasteiger partial charge is 0.410 e. The molecule has 0 N–H and O–H groups in total. The maximum absolute atomic E-state index is 13.4. The number of hydrogen-bond acceptors (Lipinski definition) is 3. The van der Waals surface area contributed by atoms with Gasteiger partial charge in [0.15, 0.2) is 0 Å². The van der Waals surface area contributed by atoms with Gasteiger partial charge in [0.1, 0.15) is 0 Å². The molecule has 0 bridgehead atoms. The Morgan fingerprint density at radius 1 is 1.38 bits per heavy atom. The number of aromatic nitrogens is 2. The predicted octanol–water partition coefficient (Wildman–Crippen LogP) is 2.72. The predicted molar refractivity (Wildman–Crippen MR) is 43.2 cm³/mol. The van der Waals surface area contributed by atoms with Gasteiger partial charge in [-0.2, -0.15) is 8.78 Å². The van der Waals surface area contributed by atoms with E-state index < -0.39 is 17.7 Å². The molecule has 0 saturated heterocycles. The Bertz CT molecular complexity index is 311. The van der Waals surface area contributed by atoms with Gasteiger partial charge in [0.05, 0.1) is 0 Å². The molecular formula is C7H7BrF2N2O. The second-order valence-electron chi connectivity index (χ2n) is 3.11. The SMILES string of the molecule is FC(F)(c1nnc(Br)o1)C1CCC1. The van der Waals surface area contributed by atoms with Crippen LogP contribution in [0.1, 0.15) is 25.2 Å². The van der Waals surface area contributed by atoms with Crippen LogP contribution in [-0.2, 0) is 5.92 Å². The first-order chi connectivity index (χ1) is 6.10. The van der Waals surface area contributed by atoms with Gasteiger partial charge in [-0.3, -0.25) is 0 Å². The first-order valence-electron chi connectivity index (χ1n) is 3.98. The molecule has 72 valence electrons. The maximum atomic E-state index is 13.4. The fourth-order valence-corrected chi connectivity index (χ4v) is 1.52. The lowest BCUT2D eigenvalue weighted by Gasteiger charge is -2.30. The monoisotopic (exact) mass is 252 g/mol. The Kier molecular flexibility index (Phi) is 2.09. The summed E-state index contributed by atoms with van der Waals surface area (Å²) in [6.45, 7) is 0. The fourth-order valence-electron chi connectivity index (χ4n) is 1.29. The van der Waals surface area contributed by atoms with Gasteiger partial charge in [0, 0.05) is 21.8 Å². The lowest BCUT2D eigenvalue weighted by Crippen LogP contribution is -2.31. The molecule has 13 heavy (non-hydrogen) atoms. The fraction of sp³-hybridized carbons (Fsp3) is 0.714. The summed E-state index contributed by atoms with van der Waals surface area (Å²) in [5.74, 6) is -4.17. The van der Waals surface area contributed by atoms with Gasteiger partial charge in [-0.15, -0.1) is 10.2 Å². The minimum absolute atomic E-state index is 0.00139. The van der Waals surface area contributed by atoms with Crippen molar-refractivity contribution in [1.82, 2.24) is 10.2 Å². The highest BCUT2D eigenvalue weighted by atomic mass is 79.9. The molecule has 0 aliphatic heterocycles. The van der Waals surface area contributed by atoms with Crippen LogP contribution in [0.5, 0.6) is 0 Å². The lowest BCUT2D eigenvalue weighted by atomic mass is 9.80. The van der Waals surface area contributed by atoms with Crippen molar-refractivity contribution in [3.05, 3.63) is 10.7 Å². The van der Waals surface area contributed by atoms with Crippen LogP contribution in [-0.4, -0.2) is 10.2 Å². The minimum Gasteiger partial charge on any atom is -0.410 e. The zero-order chi connectivity index (χ0) is 9.47. The summed E-state index contributed by atoms with van der Waals surface area (Å²) in [7, 11) is 0. The van der Waals surface area contributed by atoms with E-state index in [0.717, 1.165) is 6.42 Å². The molecule has 1 heterocycles. The number of hydrogen-bond donors (Lipinski definition) is 0. The van der Waals surface area contributed by atoms with E-state index >= 15 is 0 Å². The highest BCUT2D eigenvalue weighted by molar-refractivity contribution is 9.10. The summed E-state index contributed by atoms with van der Waals surface area (Å²) in [5, 5.41) is 6.62. The summed E-state index contributed by atoms with van der Waals surface area (Å²) >= 11 is 2.84. The first-order valence-corrected chi connectivity index (χ1v) is 4.77. The molecule has 6 heteroatoms. The Morgan fingerprint density at radius 2 is 2.08 bits per heavy atom. The van der Waals surface area contributed by atoms with Crippen LogP contribution >= 0.6 is 15.9 Å². The van der Waals surface area contributed by atoms with E-state index in [9.17, 15) is 8.78 Å². The zero-order valence-electron chi connectivity index (χ0n) is 6.64. The van der Waals surface area contributed by atoms with Crippen molar-refractivity contribution in [2.75, 3.05) is 0 Å². The molecule has 1 aliphatic rings. The third-order valence-corrected chi connectivity index (χ3v) is 2.62. The molecule has 1 saturated carbocycles. The Hall–Kier alpha value is -0.520. The van der Waals surface area contributed by atoms with Crippen LogP contribution in [0.4, 0.5) is 8.78 Å². The average Bonchev–Trinajstić information content (AvgIpc) is 2.30. The molecule has 0 amide bonds. The van der Waals surface area contributed by atoms with E-state index in [0.29, 0.717) is 12.8 Å². The smallest absolute Gasteiger partial charge is 0.326 e. The molecule has 0 atom stereocenters. The van der Waals surface area contributed by atoms with E-state index in [1.807, 2.05) is 0 Å². The standard InChI is InChI=1S/C7H7BrF2N2O/c8-6-12-11-5(13-6)7(9,10)4-2-1-3-4/h4H,1-3H2. The van der Waals surface area contributed by atoms with E-state index in [1.165, 1.54) is 0 Å². The van der Waals surface area contributed by atoms with Crippen molar-refractivity contribution < 1.29 is 13.2 Å². The van der Waals surface area contributed by atoms with Crippen molar-refractivity contribution in [3.63, 3.8) is 0 Å².